The number of benzene rings is 1. The quantitative estimate of drug-likeness (QED) is 0.863. The Kier molecular flexibility index (Phi) is 4.03. The van der Waals surface area contributed by atoms with E-state index in [4.69, 9.17) is 5.73 Å². The molecule has 3 heteroatoms. The van der Waals surface area contributed by atoms with Gasteiger partial charge in [0.1, 0.15) is 0 Å². The maximum absolute atomic E-state index is 13.0. The van der Waals surface area contributed by atoms with Crippen molar-refractivity contribution in [2.45, 2.75) is 57.5 Å². The molecule has 2 aliphatic rings. The predicted octanol–water partition coefficient (Wildman–Crippen LogP) is 2.87. The van der Waals surface area contributed by atoms with E-state index in [1.54, 1.807) is 0 Å². The smallest absolute Gasteiger partial charge is 0.242 e. The minimum Gasteiger partial charge on any atom is -0.337 e. The molecule has 1 aromatic carbocycles. The van der Waals surface area contributed by atoms with E-state index < -0.39 is 5.54 Å². The lowest BCUT2D eigenvalue weighted by molar-refractivity contribution is -0.139. The molecule has 2 unspecified atom stereocenters. The number of amides is 1. The van der Waals surface area contributed by atoms with Crippen molar-refractivity contribution >= 4 is 5.91 Å². The monoisotopic (exact) mass is 286 g/mol. The van der Waals surface area contributed by atoms with Crippen LogP contribution in [0.1, 0.15) is 50.2 Å². The molecular formula is C18H26N2O. The molecule has 1 aliphatic carbocycles. The average molecular weight is 286 g/mol. The van der Waals surface area contributed by atoms with Crippen LogP contribution in [0.25, 0.3) is 0 Å². The number of nitrogens with zero attached hydrogens (tertiary/aromatic N) is 1. The van der Waals surface area contributed by atoms with Gasteiger partial charge in [0.05, 0.1) is 5.54 Å². The number of carbonyl (C=O) groups is 1. The topological polar surface area (TPSA) is 46.3 Å². The van der Waals surface area contributed by atoms with Gasteiger partial charge in [-0.2, -0.15) is 0 Å². The summed E-state index contributed by atoms with van der Waals surface area (Å²) in [5, 5.41) is 0. The number of hydrogen-bond acceptors (Lipinski definition) is 2. The summed E-state index contributed by atoms with van der Waals surface area (Å²) in [4.78, 5) is 15.0. The molecule has 0 spiro atoms. The number of rotatable bonds is 1. The summed E-state index contributed by atoms with van der Waals surface area (Å²) < 4.78 is 0. The third-order valence-electron chi connectivity index (χ3n) is 5.10. The van der Waals surface area contributed by atoms with Gasteiger partial charge in [0.15, 0.2) is 0 Å². The highest BCUT2D eigenvalue weighted by atomic mass is 16.2. The van der Waals surface area contributed by atoms with Crippen LogP contribution in [-0.4, -0.2) is 22.9 Å². The summed E-state index contributed by atoms with van der Waals surface area (Å²) >= 11 is 0. The summed E-state index contributed by atoms with van der Waals surface area (Å²) in [6, 6.07) is 8.48. The lowest BCUT2D eigenvalue weighted by Crippen LogP contribution is -2.57. The molecule has 114 valence electrons. The molecule has 1 fully saturated rings. The number of aryl methyl sites for hydroxylation is 1. The van der Waals surface area contributed by atoms with Gasteiger partial charge in [0, 0.05) is 13.1 Å². The minimum absolute atomic E-state index is 0.172. The highest BCUT2D eigenvalue weighted by Gasteiger charge is 2.40. The largest absolute Gasteiger partial charge is 0.337 e. The fourth-order valence-corrected chi connectivity index (χ4v) is 3.98. The van der Waals surface area contributed by atoms with E-state index in [9.17, 15) is 4.79 Å². The molecule has 2 N–H and O–H groups in total. The van der Waals surface area contributed by atoms with Crippen molar-refractivity contribution in [1.29, 1.82) is 0 Å². The molecule has 21 heavy (non-hydrogen) atoms. The highest BCUT2D eigenvalue weighted by Crippen LogP contribution is 2.33. The van der Waals surface area contributed by atoms with Crippen molar-refractivity contribution in [1.82, 2.24) is 4.90 Å². The Morgan fingerprint density at radius 3 is 2.81 bits per heavy atom. The number of nitrogens with two attached hydrogens (primary N) is 1. The van der Waals surface area contributed by atoms with Gasteiger partial charge < -0.3 is 10.6 Å². The van der Waals surface area contributed by atoms with E-state index in [0.717, 1.165) is 45.2 Å². The van der Waals surface area contributed by atoms with Crippen molar-refractivity contribution < 1.29 is 4.79 Å². The molecule has 0 radical (unpaired) electrons. The summed E-state index contributed by atoms with van der Waals surface area (Å²) in [7, 11) is 0. The zero-order chi connectivity index (χ0) is 14.9. The molecule has 3 nitrogen and oxygen atoms in total. The zero-order valence-electron chi connectivity index (χ0n) is 13.0. The van der Waals surface area contributed by atoms with Gasteiger partial charge in [-0.15, -0.1) is 0 Å². The fraction of sp³-hybridized carbons (Fsp3) is 0.611. The van der Waals surface area contributed by atoms with Crippen LogP contribution in [0.15, 0.2) is 24.3 Å². The lowest BCUT2D eigenvalue weighted by Gasteiger charge is -2.39. The molecule has 1 aliphatic heterocycles. The van der Waals surface area contributed by atoms with E-state index in [0.29, 0.717) is 5.92 Å². The maximum Gasteiger partial charge on any atom is 0.242 e. The van der Waals surface area contributed by atoms with E-state index >= 15 is 0 Å². The Balaban J connectivity index is 1.79. The second-order valence-corrected chi connectivity index (χ2v) is 6.96. The molecule has 1 heterocycles. The highest BCUT2D eigenvalue weighted by molar-refractivity contribution is 5.86. The standard InChI is InChI=1S/C18H26N2O/c1-14-6-4-10-18(19,12-14)17(21)20-11-5-9-15-7-2-3-8-16(15)13-20/h2-3,7-8,14H,4-6,9-13,19H2,1H3. The summed E-state index contributed by atoms with van der Waals surface area (Å²) in [5.74, 6) is 0.734. The molecular weight excluding hydrogens is 260 g/mol. The van der Waals surface area contributed by atoms with E-state index in [1.165, 1.54) is 17.5 Å². The first-order valence-electron chi connectivity index (χ1n) is 8.23. The van der Waals surface area contributed by atoms with Crippen LogP contribution < -0.4 is 5.73 Å². The first-order valence-corrected chi connectivity index (χ1v) is 8.23. The van der Waals surface area contributed by atoms with Crippen molar-refractivity contribution in [2.75, 3.05) is 6.54 Å². The van der Waals surface area contributed by atoms with Gasteiger partial charge in [-0.1, -0.05) is 44.0 Å². The van der Waals surface area contributed by atoms with Gasteiger partial charge in [-0.05, 0) is 42.7 Å². The first-order chi connectivity index (χ1) is 10.1. The van der Waals surface area contributed by atoms with Crippen molar-refractivity contribution in [3.63, 3.8) is 0 Å². The first kappa shape index (κ1) is 14.6. The van der Waals surface area contributed by atoms with Gasteiger partial charge in [0.25, 0.3) is 0 Å². The maximum atomic E-state index is 13.0. The summed E-state index contributed by atoms with van der Waals surface area (Å²) in [6.07, 6.45) is 6.06. The van der Waals surface area contributed by atoms with Gasteiger partial charge in [-0.25, -0.2) is 0 Å². The van der Waals surface area contributed by atoms with Gasteiger partial charge in [-0.3, -0.25) is 4.79 Å². The SMILES string of the molecule is CC1CCCC(N)(C(=O)N2CCCc3ccccc3C2)C1. The molecule has 3 rings (SSSR count). The molecule has 1 aromatic rings. The minimum atomic E-state index is -0.628. The molecule has 0 aromatic heterocycles. The molecule has 2 atom stereocenters. The van der Waals surface area contributed by atoms with Crippen molar-refractivity contribution in [3.05, 3.63) is 35.4 Å². The molecule has 0 bridgehead atoms. The number of fused-ring (bicyclic) bond motifs is 1. The summed E-state index contributed by atoms with van der Waals surface area (Å²) in [6.45, 7) is 3.77. The van der Waals surface area contributed by atoms with Crippen molar-refractivity contribution in [3.8, 4) is 0 Å². The molecule has 1 amide bonds. The lowest BCUT2D eigenvalue weighted by atomic mass is 9.76. The normalized spacial score (nSPS) is 29.6. The van der Waals surface area contributed by atoms with Crippen LogP contribution in [0.2, 0.25) is 0 Å². The van der Waals surface area contributed by atoms with Crippen LogP contribution in [0.4, 0.5) is 0 Å². The number of hydrogen-bond donors (Lipinski definition) is 1. The Hall–Kier alpha value is -1.35. The Morgan fingerprint density at radius 1 is 1.29 bits per heavy atom. The van der Waals surface area contributed by atoms with Gasteiger partial charge in [0.2, 0.25) is 5.91 Å². The predicted molar refractivity (Wildman–Crippen MR) is 84.7 cm³/mol. The summed E-state index contributed by atoms with van der Waals surface area (Å²) in [5.41, 5.74) is 8.55. The Bertz CT molecular complexity index is 528. The fourth-order valence-electron chi connectivity index (χ4n) is 3.98. The zero-order valence-corrected chi connectivity index (χ0v) is 13.0. The molecule has 0 saturated heterocycles. The van der Waals surface area contributed by atoms with E-state index in [-0.39, 0.29) is 5.91 Å². The van der Waals surface area contributed by atoms with Crippen LogP contribution >= 0.6 is 0 Å². The van der Waals surface area contributed by atoms with Crippen LogP contribution in [0, 0.1) is 5.92 Å². The van der Waals surface area contributed by atoms with Crippen LogP contribution in [0.3, 0.4) is 0 Å². The van der Waals surface area contributed by atoms with Crippen LogP contribution in [-0.2, 0) is 17.8 Å². The third-order valence-corrected chi connectivity index (χ3v) is 5.10. The third kappa shape index (κ3) is 2.98. The average Bonchev–Trinajstić information content (AvgIpc) is 2.68. The van der Waals surface area contributed by atoms with Crippen LogP contribution in [0.5, 0.6) is 0 Å². The van der Waals surface area contributed by atoms with Gasteiger partial charge >= 0.3 is 0 Å². The number of carbonyl (C=O) groups excluding carboxylic acids is 1. The van der Waals surface area contributed by atoms with E-state index in [1.807, 2.05) is 4.90 Å². The van der Waals surface area contributed by atoms with Crippen molar-refractivity contribution in [2.24, 2.45) is 11.7 Å². The van der Waals surface area contributed by atoms with E-state index in [2.05, 4.69) is 31.2 Å². The molecule has 1 saturated carbocycles. The Morgan fingerprint density at radius 2 is 2.05 bits per heavy atom. The second-order valence-electron chi connectivity index (χ2n) is 6.96. The Labute approximate surface area is 127 Å². The second kappa shape index (κ2) is 5.80.